The minimum Gasteiger partial charge on any atom is -0.437 e. The van der Waals surface area contributed by atoms with E-state index in [-0.39, 0.29) is 31.5 Å². The third-order valence-electron chi connectivity index (χ3n) is 5.95. The molecule has 0 fully saturated rings. The molecule has 0 spiro atoms. The molecule has 0 saturated heterocycles. The van der Waals surface area contributed by atoms with E-state index in [0.717, 1.165) is 24.0 Å². The molecular weight excluding hydrogens is 579 g/mol. The third kappa shape index (κ3) is 6.66. The van der Waals surface area contributed by atoms with Gasteiger partial charge in [0.1, 0.15) is 11.4 Å². The molecular formula is C28H23Cl3N4O3S. The topological polar surface area (TPSA) is 96.1 Å². The molecule has 39 heavy (non-hydrogen) atoms. The summed E-state index contributed by atoms with van der Waals surface area (Å²) in [6, 6.07) is 21.2. The van der Waals surface area contributed by atoms with Gasteiger partial charge in [0.05, 0.1) is 20.0 Å². The highest BCUT2D eigenvalue weighted by molar-refractivity contribution is 7.92. The Bertz CT molecular complexity index is 1740. The number of hydrogen-bond acceptors (Lipinski definition) is 5. The molecule has 7 nitrogen and oxygen atoms in total. The molecule has 2 aromatic heterocycles. The monoisotopic (exact) mass is 600 g/mol. The second-order valence-corrected chi connectivity index (χ2v) is 11.7. The first kappa shape index (κ1) is 27.3. The van der Waals surface area contributed by atoms with Gasteiger partial charge in [-0.25, -0.2) is 13.4 Å². The summed E-state index contributed by atoms with van der Waals surface area (Å²) < 4.78 is 34.4. The van der Waals surface area contributed by atoms with E-state index in [9.17, 15) is 8.42 Å². The number of sulfonamides is 1. The molecule has 3 aromatic carbocycles. The molecule has 0 aliphatic heterocycles. The van der Waals surface area contributed by atoms with Crippen LogP contribution in [0.5, 0.6) is 11.6 Å². The maximum atomic E-state index is 13.0. The van der Waals surface area contributed by atoms with Crippen LogP contribution in [0.1, 0.15) is 11.1 Å². The van der Waals surface area contributed by atoms with Crippen molar-refractivity contribution < 1.29 is 13.2 Å². The zero-order chi connectivity index (χ0) is 27.4. The lowest BCUT2D eigenvalue weighted by molar-refractivity contribution is 0.464. The second-order valence-electron chi connectivity index (χ2n) is 8.72. The van der Waals surface area contributed by atoms with Gasteiger partial charge in [-0.15, -0.1) is 0 Å². The summed E-state index contributed by atoms with van der Waals surface area (Å²) in [6.45, 7) is 1.43. The first-order chi connectivity index (χ1) is 18.8. The molecule has 200 valence electrons. The number of H-pyrrole nitrogens is 1. The number of anilines is 1. The van der Waals surface area contributed by atoms with Crippen LogP contribution in [0, 0.1) is 0 Å². The van der Waals surface area contributed by atoms with Crippen molar-refractivity contribution in [3.05, 3.63) is 111 Å². The Morgan fingerprint density at radius 3 is 2.62 bits per heavy atom. The van der Waals surface area contributed by atoms with Gasteiger partial charge in [-0.2, -0.15) is 0 Å². The lowest BCUT2D eigenvalue weighted by atomic mass is 10.1. The van der Waals surface area contributed by atoms with Crippen LogP contribution in [-0.4, -0.2) is 24.9 Å². The standard InChI is InChI=1S/C28H23Cl3N4O3S/c29-20-13-27(35-39(36,37)22-8-9-24(30)25(31)14-22)28(34-17-20)38-21-5-3-4-18(12-21)15-32-11-10-19-16-33-26-7-2-1-6-23(19)26/h1-9,12-14,16-17,32-33,35H,10-11,15H2. The average Bonchev–Trinajstić information content (AvgIpc) is 3.33. The van der Waals surface area contributed by atoms with Gasteiger partial charge in [0, 0.05) is 29.8 Å². The Morgan fingerprint density at radius 1 is 0.923 bits per heavy atom. The number of pyridine rings is 1. The molecule has 5 rings (SSSR count). The molecule has 0 aliphatic rings. The van der Waals surface area contributed by atoms with Crippen LogP contribution < -0.4 is 14.8 Å². The normalized spacial score (nSPS) is 11.6. The van der Waals surface area contributed by atoms with Crippen molar-refractivity contribution in [1.29, 1.82) is 0 Å². The lowest BCUT2D eigenvalue weighted by Crippen LogP contribution is -2.16. The van der Waals surface area contributed by atoms with Crippen LogP contribution in [0.4, 0.5) is 5.69 Å². The highest BCUT2D eigenvalue weighted by atomic mass is 35.5. The van der Waals surface area contributed by atoms with E-state index in [1.807, 2.05) is 36.5 Å². The van der Waals surface area contributed by atoms with Crippen molar-refractivity contribution in [2.45, 2.75) is 17.9 Å². The van der Waals surface area contributed by atoms with E-state index < -0.39 is 10.0 Å². The Balaban J connectivity index is 1.25. The largest absolute Gasteiger partial charge is 0.437 e. The maximum absolute atomic E-state index is 13.0. The molecule has 11 heteroatoms. The number of rotatable bonds is 10. The predicted molar refractivity (Wildman–Crippen MR) is 157 cm³/mol. The first-order valence-electron chi connectivity index (χ1n) is 11.9. The first-order valence-corrected chi connectivity index (χ1v) is 14.6. The van der Waals surface area contributed by atoms with Gasteiger partial charge < -0.3 is 15.0 Å². The Labute approximate surface area is 241 Å². The summed E-state index contributed by atoms with van der Waals surface area (Å²) in [5.74, 6) is 0.545. The number of hydrogen-bond donors (Lipinski definition) is 3. The fourth-order valence-electron chi connectivity index (χ4n) is 4.05. The van der Waals surface area contributed by atoms with E-state index >= 15 is 0 Å². The average molecular weight is 602 g/mol. The molecule has 2 heterocycles. The molecule has 0 saturated carbocycles. The van der Waals surface area contributed by atoms with Gasteiger partial charge in [-0.05, 0) is 66.6 Å². The molecule has 3 N–H and O–H groups in total. The van der Waals surface area contributed by atoms with Crippen molar-refractivity contribution in [2.24, 2.45) is 0 Å². The number of para-hydroxylation sites is 1. The fourth-order valence-corrected chi connectivity index (χ4v) is 5.65. The molecule has 0 atom stereocenters. The number of nitrogens with one attached hydrogen (secondary N) is 3. The zero-order valence-corrected chi connectivity index (χ0v) is 23.5. The highest BCUT2D eigenvalue weighted by Gasteiger charge is 2.19. The van der Waals surface area contributed by atoms with Crippen LogP contribution in [0.25, 0.3) is 10.9 Å². The third-order valence-corrected chi connectivity index (χ3v) is 8.26. The number of ether oxygens (including phenoxy) is 1. The number of aromatic nitrogens is 2. The second kappa shape index (κ2) is 11.9. The predicted octanol–water partition coefficient (Wildman–Crippen LogP) is 7.45. The van der Waals surface area contributed by atoms with E-state index in [1.54, 1.807) is 6.07 Å². The summed E-state index contributed by atoms with van der Waals surface area (Å²) in [7, 11) is -4.02. The number of nitrogens with zero attached hydrogens (tertiary/aromatic N) is 1. The van der Waals surface area contributed by atoms with Gasteiger partial charge >= 0.3 is 0 Å². The molecule has 5 aromatic rings. The van der Waals surface area contributed by atoms with Crippen LogP contribution in [0.2, 0.25) is 15.1 Å². The van der Waals surface area contributed by atoms with Crippen molar-refractivity contribution in [3.63, 3.8) is 0 Å². The molecule has 0 amide bonds. The molecule has 0 aliphatic carbocycles. The van der Waals surface area contributed by atoms with Crippen molar-refractivity contribution in [1.82, 2.24) is 15.3 Å². The number of benzene rings is 3. The van der Waals surface area contributed by atoms with Crippen molar-refractivity contribution in [3.8, 4) is 11.6 Å². The van der Waals surface area contributed by atoms with E-state index in [0.29, 0.717) is 12.3 Å². The highest BCUT2D eigenvalue weighted by Crippen LogP contribution is 2.33. The van der Waals surface area contributed by atoms with Gasteiger partial charge in [-0.1, -0.05) is 65.1 Å². The van der Waals surface area contributed by atoms with Crippen molar-refractivity contribution >= 4 is 61.4 Å². The number of aromatic amines is 1. The SMILES string of the molecule is O=S(=O)(Nc1cc(Cl)cnc1Oc1cccc(CNCCc2c[nH]c3ccccc23)c1)c1ccc(Cl)c(Cl)c1. The van der Waals surface area contributed by atoms with Crippen LogP contribution >= 0.6 is 34.8 Å². The Kier molecular flexibility index (Phi) is 8.30. The smallest absolute Gasteiger partial charge is 0.262 e. The van der Waals surface area contributed by atoms with Crippen LogP contribution in [-0.2, 0) is 23.0 Å². The van der Waals surface area contributed by atoms with Gasteiger partial charge in [0.2, 0.25) is 5.88 Å². The minimum atomic E-state index is -4.02. The van der Waals surface area contributed by atoms with Crippen LogP contribution in [0.3, 0.4) is 0 Å². The number of halogens is 3. The Hall–Kier alpha value is -3.27. The van der Waals surface area contributed by atoms with Gasteiger partial charge in [-0.3, -0.25) is 4.72 Å². The minimum absolute atomic E-state index is 0.0486. The maximum Gasteiger partial charge on any atom is 0.262 e. The summed E-state index contributed by atoms with van der Waals surface area (Å²) in [4.78, 5) is 7.43. The molecule has 0 unspecified atom stereocenters. The van der Waals surface area contributed by atoms with Crippen molar-refractivity contribution in [2.75, 3.05) is 11.3 Å². The number of fused-ring (bicyclic) bond motifs is 1. The molecule has 0 radical (unpaired) electrons. The van der Waals surface area contributed by atoms with E-state index in [4.69, 9.17) is 39.5 Å². The summed E-state index contributed by atoms with van der Waals surface area (Å²) in [5, 5.41) is 5.29. The van der Waals surface area contributed by atoms with Gasteiger partial charge in [0.25, 0.3) is 10.0 Å². The quantitative estimate of drug-likeness (QED) is 0.145. The summed E-state index contributed by atoms with van der Waals surface area (Å²) in [6.07, 6.45) is 4.31. The molecule has 0 bridgehead atoms. The zero-order valence-electron chi connectivity index (χ0n) is 20.4. The lowest BCUT2D eigenvalue weighted by Gasteiger charge is -2.14. The Morgan fingerprint density at radius 2 is 1.77 bits per heavy atom. The summed E-state index contributed by atoms with van der Waals surface area (Å²) in [5.41, 5.74) is 3.47. The van der Waals surface area contributed by atoms with Crippen LogP contribution in [0.15, 0.2) is 90.1 Å². The van der Waals surface area contributed by atoms with Gasteiger partial charge in [0.15, 0.2) is 0 Å². The fraction of sp³-hybridized carbons (Fsp3) is 0.107. The summed E-state index contributed by atoms with van der Waals surface area (Å²) >= 11 is 18.0. The van der Waals surface area contributed by atoms with E-state index in [2.05, 4.69) is 32.1 Å². The van der Waals surface area contributed by atoms with E-state index in [1.165, 1.54) is 41.4 Å².